The third kappa shape index (κ3) is 2.88. The summed E-state index contributed by atoms with van der Waals surface area (Å²) in [5.41, 5.74) is 4.89. The summed E-state index contributed by atoms with van der Waals surface area (Å²) in [6.07, 6.45) is 2.00. The molecular formula is C13H16N2O5. The molecule has 1 aromatic carbocycles. The van der Waals surface area contributed by atoms with Crippen LogP contribution in [0.25, 0.3) is 0 Å². The molecule has 1 fully saturated rings. The van der Waals surface area contributed by atoms with Gasteiger partial charge in [-0.3, -0.25) is 14.9 Å². The molecule has 0 bridgehead atoms. The average Bonchev–Trinajstić information content (AvgIpc) is 3.19. The number of nitro groups is 1. The van der Waals surface area contributed by atoms with Crippen molar-refractivity contribution in [3.05, 3.63) is 28.3 Å². The van der Waals surface area contributed by atoms with Crippen LogP contribution in [-0.4, -0.2) is 24.6 Å². The van der Waals surface area contributed by atoms with E-state index in [1.54, 1.807) is 7.11 Å². The Bertz CT molecular complexity index is 540. The van der Waals surface area contributed by atoms with Crippen LogP contribution >= 0.6 is 0 Å². The van der Waals surface area contributed by atoms with Crippen LogP contribution in [0.5, 0.6) is 5.75 Å². The summed E-state index contributed by atoms with van der Waals surface area (Å²) in [7, 11) is 1.56. The summed E-state index contributed by atoms with van der Waals surface area (Å²) in [5.74, 6) is -0.514. The number of hydrogen-bond acceptors (Lipinski definition) is 6. The van der Waals surface area contributed by atoms with Gasteiger partial charge >= 0.3 is 11.7 Å². The quantitative estimate of drug-likeness (QED) is 0.280. The van der Waals surface area contributed by atoms with Crippen molar-refractivity contribution < 1.29 is 19.2 Å². The minimum atomic E-state index is -0.617. The zero-order valence-electron chi connectivity index (χ0n) is 11.1. The Balaban J connectivity index is 2.14. The Kier molecular flexibility index (Phi) is 3.89. The lowest BCUT2D eigenvalue weighted by Crippen LogP contribution is -2.23. The predicted molar refractivity (Wildman–Crippen MR) is 71.3 cm³/mol. The lowest BCUT2D eigenvalue weighted by atomic mass is 10.0. The van der Waals surface area contributed by atoms with Crippen LogP contribution in [0.15, 0.2) is 18.2 Å². The predicted octanol–water partition coefficient (Wildman–Crippen LogP) is 1.90. The third-order valence-corrected chi connectivity index (χ3v) is 3.45. The van der Waals surface area contributed by atoms with Crippen molar-refractivity contribution in [3.8, 4) is 5.75 Å². The topological polar surface area (TPSA) is 105 Å². The second kappa shape index (κ2) is 5.46. The summed E-state index contributed by atoms with van der Waals surface area (Å²) >= 11 is 0. The lowest BCUT2D eigenvalue weighted by Gasteiger charge is -2.13. The summed E-state index contributed by atoms with van der Waals surface area (Å²) < 4.78 is 10.2. The molecule has 7 nitrogen and oxygen atoms in total. The molecule has 7 heteroatoms. The van der Waals surface area contributed by atoms with E-state index >= 15 is 0 Å². The normalized spacial score (nSPS) is 15.7. The molecule has 20 heavy (non-hydrogen) atoms. The number of hydrogen-bond donors (Lipinski definition) is 1. The molecule has 0 atom stereocenters. The summed E-state index contributed by atoms with van der Waals surface area (Å²) in [5, 5.41) is 10.9. The maximum Gasteiger partial charge on any atom is 0.317 e. The van der Waals surface area contributed by atoms with Crippen molar-refractivity contribution in [2.45, 2.75) is 19.3 Å². The van der Waals surface area contributed by atoms with E-state index in [0.717, 1.165) is 12.8 Å². The monoisotopic (exact) mass is 280 g/mol. The number of benzene rings is 1. The van der Waals surface area contributed by atoms with Crippen LogP contribution in [0.3, 0.4) is 0 Å². The van der Waals surface area contributed by atoms with Crippen LogP contribution in [0.4, 0.5) is 11.4 Å². The van der Waals surface area contributed by atoms with E-state index < -0.39 is 16.3 Å². The smallest absolute Gasteiger partial charge is 0.317 e. The van der Waals surface area contributed by atoms with E-state index in [9.17, 15) is 14.9 Å². The molecule has 0 spiro atoms. The highest BCUT2D eigenvalue weighted by Crippen LogP contribution is 2.50. The van der Waals surface area contributed by atoms with Gasteiger partial charge in [0.15, 0.2) is 0 Å². The van der Waals surface area contributed by atoms with E-state index in [1.807, 2.05) is 0 Å². The van der Waals surface area contributed by atoms with E-state index in [2.05, 4.69) is 0 Å². The van der Waals surface area contributed by atoms with Gasteiger partial charge in [-0.25, -0.2) is 0 Å². The lowest BCUT2D eigenvalue weighted by molar-refractivity contribution is -0.385. The Labute approximate surface area is 115 Å². The number of esters is 1. The molecule has 0 heterocycles. The van der Waals surface area contributed by atoms with Crippen molar-refractivity contribution in [2.75, 3.05) is 19.5 Å². The van der Waals surface area contributed by atoms with Crippen molar-refractivity contribution >= 4 is 17.3 Å². The van der Waals surface area contributed by atoms with Gasteiger partial charge in [0, 0.05) is 25.5 Å². The highest BCUT2D eigenvalue weighted by Gasteiger charge is 2.51. The first-order valence-electron chi connectivity index (χ1n) is 6.24. The molecule has 1 aromatic rings. The molecule has 1 saturated carbocycles. The molecule has 0 saturated heterocycles. The first kappa shape index (κ1) is 14.3. The van der Waals surface area contributed by atoms with E-state index in [-0.39, 0.29) is 17.1 Å². The summed E-state index contributed by atoms with van der Waals surface area (Å²) in [6, 6.07) is 3.99. The Morgan fingerprint density at radius 2 is 2.20 bits per heavy atom. The second-order valence-electron chi connectivity index (χ2n) is 4.90. The Morgan fingerprint density at radius 3 is 2.75 bits per heavy atom. The highest BCUT2D eigenvalue weighted by atomic mass is 16.6. The molecule has 0 unspecified atom stereocenters. The SMILES string of the molecule is COCCC1(C(=O)Oc2ccc(N)cc2[N+](=O)[O-])CC1. The number of anilines is 1. The molecule has 2 rings (SSSR count). The van der Waals surface area contributed by atoms with Gasteiger partial charge in [0.05, 0.1) is 10.3 Å². The molecule has 0 aliphatic heterocycles. The molecule has 1 aliphatic rings. The third-order valence-electron chi connectivity index (χ3n) is 3.45. The minimum absolute atomic E-state index is 0.0714. The van der Waals surface area contributed by atoms with Gasteiger partial charge < -0.3 is 15.2 Å². The number of carbonyl (C=O) groups excluding carboxylic acids is 1. The molecule has 0 amide bonds. The fraction of sp³-hybridized carbons (Fsp3) is 0.462. The second-order valence-corrected chi connectivity index (χ2v) is 4.90. The number of nitrogen functional groups attached to an aromatic ring is 1. The first-order valence-corrected chi connectivity index (χ1v) is 6.24. The maximum absolute atomic E-state index is 12.1. The number of nitrogens with two attached hydrogens (primary N) is 1. The summed E-state index contributed by atoms with van der Waals surface area (Å²) in [4.78, 5) is 22.4. The summed E-state index contributed by atoms with van der Waals surface area (Å²) in [6.45, 7) is 0.457. The standard InChI is InChI=1S/C13H16N2O5/c1-19-7-6-13(4-5-13)12(16)20-11-3-2-9(14)8-10(11)15(17)18/h2-3,8H,4-7,14H2,1H3. The fourth-order valence-electron chi connectivity index (χ4n) is 1.98. The number of carbonyl (C=O) groups is 1. The molecule has 0 aromatic heterocycles. The van der Waals surface area contributed by atoms with Gasteiger partial charge in [0.2, 0.25) is 5.75 Å². The fourth-order valence-corrected chi connectivity index (χ4v) is 1.98. The zero-order valence-corrected chi connectivity index (χ0v) is 11.1. The average molecular weight is 280 g/mol. The Hall–Kier alpha value is -2.15. The van der Waals surface area contributed by atoms with Gasteiger partial charge in [-0.1, -0.05) is 0 Å². The Morgan fingerprint density at radius 1 is 1.50 bits per heavy atom. The molecule has 2 N–H and O–H groups in total. The highest BCUT2D eigenvalue weighted by molar-refractivity contribution is 5.83. The van der Waals surface area contributed by atoms with Crippen LogP contribution < -0.4 is 10.5 Å². The molecular weight excluding hydrogens is 264 g/mol. The first-order chi connectivity index (χ1) is 9.48. The largest absolute Gasteiger partial charge is 0.419 e. The van der Waals surface area contributed by atoms with Crippen LogP contribution in [0.2, 0.25) is 0 Å². The number of rotatable bonds is 6. The number of nitro benzene ring substituents is 1. The number of methoxy groups -OCH3 is 1. The van der Waals surface area contributed by atoms with Crippen molar-refractivity contribution in [1.29, 1.82) is 0 Å². The maximum atomic E-state index is 12.1. The van der Waals surface area contributed by atoms with Crippen LogP contribution in [0, 0.1) is 15.5 Å². The van der Waals surface area contributed by atoms with Gasteiger partial charge in [-0.2, -0.15) is 0 Å². The van der Waals surface area contributed by atoms with Crippen molar-refractivity contribution in [3.63, 3.8) is 0 Å². The van der Waals surface area contributed by atoms with Gasteiger partial charge in [0.1, 0.15) is 0 Å². The van der Waals surface area contributed by atoms with E-state index in [1.165, 1.54) is 18.2 Å². The van der Waals surface area contributed by atoms with E-state index in [0.29, 0.717) is 13.0 Å². The minimum Gasteiger partial charge on any atom is -0.419 e. The molecule has 0 radical (unpaired) electrons. The van der Waals surface area contributed by atoms with Crippen molar-refractivity contribution in [1.82, 2.24) is 0 Å². The van der Waals surface area contributed by atoms with E-state index in [4.69, 9.17) is 15.2 Å². The molecule has 108 valence electrons. The van der Waals surface area contributed by atoms with Gasteiger partial charge in [0.25, 0.3) is 0 Å². The van der Waals surface area contributed by atoms with Crippen molar-refractivity contribution in [2.24, 2.45) is 5.41 Å². The number of nitrogens with zero attached hydrogens (tertiary/aromatic N) is 1. The van der Waals surface area contributed by atoms with Crippen LogP contribution in [0.1, 0.15) is 19.3 Å². The molecule has 1 aliphatic carbocycles. The van der Waals surface area contributed by atoms with Gasteiger partial charge in [-0.05, 0) is 31.4 Å². The van der Waals surface area contributed by atoms with Crippen LogP contribution in [-0.2, 0) is 9.53 Å². The number of ether oxygens (including phenoxy) is 2. The van der Waals surface area contributed by atoms with Gasteiger partial charge in [-0.15, -0.1) is 0 Å². The zero-order chi connectivity index (χ0) is 14.8.